The third kappa shape index (κ3) is 7.51. The molecule has 1 aromatic carbocycles. The molecule has 0 amide bonds. The van der Waals surface area contributed by atoms with Crippen molar-refractivity contribution in [3.63, 3.8) is 0 Å². The summed E-state index contributed by atoms with van der Waals surface area (Å²) in [5, 5.41) is 15.4. The maximum Gasteiger partial charge on any atom is 0.142 e. The highest BCUT2D eigenvalue weighted by Crippen LogP contribution is 2.23. The van der Waals surface area contributed by atoms with E-state index in [0.717, 1.165) is 59.5 Å². The molecule has 1 atom stereocenters. The Morgan fingerprint density at radius 1 is 1.37 bits per heavy atom. The van der Waals surface area contributed by atoms with Crippen LogP contribution in [0.3, 0.4) is 0 Å². The first-order valence-corrected chi connectivity index (χ1v) is 11.8. The summed E-state index contributed by atoms with van der Waals surface area (Å²) in [4.78, 5) is 6.08. The average Bonchev–Trinajstić information content (AvgIpc) is 2.86. The van der Waals surface area contributed by atoms with Gasteiger partial charge < -0.3 is 14.7 Å². The lowest BCUT2D eigenvalue weighted by molar-refractivity contribution is -0.00438. The molecule has 2 aliphatic heterocycles. The molecule has 0 spiro atoms. The van der Waals surface area contributed by atoms with Gasteiger partial charge in [0.1, 0.15) is 6.23 Å². The van der Waals surface area contributed by atoms with Crippen molar-refractivity contribution in [1.29, 1.82) is 0 Å². The van der Waals surface area contributed by atoms with Gasteiger partial charge in [-0.05, 0) is 63.1 Å². The summed E-state index contributed by atoms with van der Waals surface area (Å²) in [7, 11) is 0. The fourth-order valence-electron chi connectivity index (χ4n) is 3.83. The van der Waals surface area contributed by atoms with Gasteiger partial charge in [0, 0.05) is 42.9 Å². The minimum Gasteiger partial charge on any atom is -0.392 e. The van der Waals surface area contributed by atoms with E-state index < -0.39 is 0 Å². The van der Waals surface area contributed by atoms with Gasteiger partial charge in [-0.1, -0.05) is 30.4 Å². The first kappa shape index (κ1) is 26.2. The standard InChI is InChI=1S/C27H36N6O2/c1-20(16-32-17-23(19-34)12-11-22(32)3)14-24(29-4)18-33(28)26-9-7-8-21(2)25(26)15-30-31-27-10-5-6-13-35-27/h7-9,11-12,15-18,27,31,34H,3-6,10,13-14,19,28H2,1-2H3/b20-16+,24-18-,30-15-. The number of rotatable bonds is 10. The lowest BCUT2D eigenvalue weighted by atomic mass is 10.1. The highest BCUT2D eigenvalue weighted by molar-refractivity contribution is 5.90. The maximum atomic E-state index is 9.41. The molecule has 0 aromatic heterocycles. The van der Waals surface area contributed by atoms with Gasteiger partial charge in [0.25, 0.3) is 0 Å². The van der Waals surface area contributed by atoms with Crippen LogP contribution in [0, 0.1) is 6.92 Å². The maximum absolute atomic E-state index is 9.41. The average molecular weight is 477 g/mol. The monoisotopic (exact) mass is 476 g/mol. The second-order valence-corrected chi connectivity index (χ2v) is 8.68. The number of hydrazine groups is 1. The zero-order valence-corrected chi connectivity index (χ0v) is 20.7. The van der Waals surface area contributed by atoms with E-state index in [1.54, 1.807) is 17.4 Å². The molecule has 1 saturated heterocycles. The first-order valence-electron chi connectivity index (χ1n) is 11.8. The van der Waals surface area contributed by atoms with Gasteiger partial charge in [0.2, 0.25) is 0 Å². The number of hydrazone groups is 1. The van der Waals surface area contributed by atoms with E-state index in [1.165, 1.54) is 0 Å². The smallest absolute Gasteiger partial charge is 0.142 e. The lowest BCUT2D eigenvalue weighted by Gasteiger charge is -2.23. The van der Waals surface area contributed by atoms with Crippen LogP contribution >= 0.6 is 0 Å². The number of anilines is 1. The first-order chi connectivity index (χ1) is 16.9. The molecule has 4 N–H and O–H groups in total. The number of aliphatic imine (C=N–C) groups is 1. The van der Waals surface area contributed by atoms with Gasteiger partial charge in [-0.2, -0.15) is 5.10 Å². The van der Waals surface area contributed by atoms with Crippen molar-refractivity contribution in [2.24, 2.45) is 15.9 Å². The van der Waals surface area contributed by atoms with Gasteiger partial charge in [0.05, 0.1) is 24.2 Å². The van der Waals surface area contributed by atoms with E-state index in [4.69, 9.17) is 10.6 Å². The molecule has 1 aromatic rings. The van der Waals surface area contributed by atoms with Crippen molar-refractivity contribution < 1.29 is 9.84 Å². The fraction of sp³-hybridized carbons (Fsp3) is 0.333. The number of aryl methyl sites for hydroxylation is 1. The third-order valence-electron chi connectivity index (χ3n) is 5.79. The quantitative estimate of drug-likeness (QED) is 0.266. The molecule has 2 aliphatic rings. The molecule has 0 aliphatic carbocycles. The minimum absolute atomic E-state index is 0.0278. The summed E-state index contributed by atoms with van der Waals surface area (Å²) < 4.78 is 5.68. The Morgan fingerprint density at radius 3 is 2.91 bits per heavy atom. The van der Waals surface area contributed by atoms with Crippen molar-refractivity contribution in [1.82, 2.24) is 10.3 Å². The van der Waals surface area contributed by atoms with Gasteiger partial charge in [0.15, 0.2) is 0 Å². The SMILES string of the molecule is C=N/C(=C\N(N)c1cccc(C)c1/C=N\NC1CCCCO1)C/C(C)=C/N1C=C(CO)C=CC1=C. The van der Waals surface area contributed by atoms with Crippen molar-refractivity contribution in [3.05, 3.63) is 89.2 Å². The molecular formula is C27H36N6O2. The number of aliphatic hydroxyl groups excluding tert-OH is 1. The molecule has 0 saturated carbocycles. The zero-order chi connectivity index (χ0) is 25.2. The van der Waals surface area contributed by atoms with E-state index in [0.29, 0.717) is 12.1 Å². The van der Waals surface area contributed by atoms with Crippen LogP contribution in [0.15, 0.2) is 88.2 Å². The summed E-state index contributed by atoms with van der Waals surface area (Å²) in [6, 6.07) is 5.92. The van der Waals surface area contributed by atoms with Gasteiger partial charge in [-0.15, -0.1) is 0 Å². The number of ether oxygens (including phenoxy) is 1. The summed E-state index contributed by atoms with van der Waals surface area (Å²) in [6.07, 6.45) is 14.8. The van der Waals surface area contributed by atoms with Crippen LogP contribution in [-0.4, -0.2) is 42.4 Å². The molecule has 0 bridgehead atoms. The van der Waals surface area contributed by atoms with Crippen molar-refractivity contribution in [3.8, 4) is 0 Å². The lowest BCUT2D eigenvalue weighted by Crippen LogP contribution is -2.31. The number of allylic oxidation sites excluding steroid dienone is 2. The molecule has 2 heterocycles. The van der Waals surface area contributed by atoms with Crippen LogP contribution in [-0.2, 0) is 4.74 Å². The summed E-state index contributed by atoms with van der Waals surface area (Å²) in [5.41, 5.74) is 9.21. The number of benzene rings is 1. The van der Waals surface area contributed by atoms with E-state index in [-0.39, 0.29) is 12.8 Å². The van der Waals surface area contributed by atoms with Crippen LogP contribution in [0.2, 0.25) is 0 Å². The van der Waals surface area contributed by atoms with Crippen molar-refractivity contribution in [2.45, 2.75) is 45.8 Å². The number of nitrogens with two attached hydrogens (primary N) is 1. The zero-order valence-electron chi connectivity index (χ0n) is 20.7. The Kier molecular flexibility index (Phi) is 9.60. The highest BCUT2D eigenvalue weighted by atomic mass is 16.5. The fourth-order valence-corrected chi connectivity index (χ4v) is 3.83. The van der Waals surface area contributed by atoms with Gasteiger partial charge in [-0.25, -0.2) is 5.84 Å². The Labute approximate surface area is 208 Å². The normalized spacial score (nSPS) is 19.2. The second-order valence-electron chi connectivity index (χ2n) is 8.68. The molecular weight excluding hydrogens is 440 g/mol. The number of nitrogens with one attached hydrogen (secondary N) is 1. The van der Waals surface area contributed by atoms with Crippen molar-refractivity contribution >= 4 is 18.6 Å². The van der Waals surface area contributed by atoms with Crippen LogP contribution in [0.1, 0.15) is 43.7 Å². The summed E-state index contributed by atoms with van der Waals surface area (Å²) in [6.45, 7) is 12.5. The Bertz CT molecular complexity index is 1060. The van der Waals surface area contributed by atoms with Crippen LogP contribution in [0.5, 0.6) is 0 Å². The summed E-state index contributed by atoms with van der Waals surface area (Å²) >= 11 is 0. The molecule has 186 valence electrons. The number of hydrogen-bond donors (Lipinski definition) is 3. The topological polar surface area (TPSA) is 98.7 Å². The predicted octanol–water partition coefficient (Wildman–Crippen LogP) is 4.22. The largest absolute Gasteiger partial charge is 0.392 e. The Morgan fingerprint density at radius 2 is 2.20 bits per heavy atom. The van der Waals surface area contributed by atoms with Gasteiger partial charge in [-0.3, -0.25) is 15.4 Å². The molecule has 8 heteroatoms. The summed E-state index contributed by atoms with van der Waals surface area (Å²) in [5.74, 6) is 6.45. The molecule has 8 nitrogen and oxygen atoms in total. The van der Waals surface area contributed by atoms with E-state index in [9.17, 15) is 5.11 Å². The molecule has 3 rings (SSSR count). The molecule has 1 unspecified atom stereocenters. The molecule has 35 heavy (non-hydrogen) atoms. The number of nitrogens with zero attached hydrogens (tertiary/aromatic N) is 4. The minimum atomic E-state index is -0.0533. The molecule has 0 radical (unpaired) electrons. The highest BCUT2D eigenvalue weighted by Gasteiger charge is 2.13. The Hall–Kier alpha value is -3.46. The second kappa shape index (κ2) is 12.9. The van der Waals surface area contributed by atoms with E-state index in [1.807, 2.05) is 61.5 Å². The predicted molar refractivity (Wildman–Crippen MR) is 143 cm³/mol. The third-order valence-corrected chi connectivity index (χ3v) is 5.79. The van der Waals surface area contributed by atoms with Gasteiger partial charge >= 0.3 is 0 Å². The number of hydrogen-bond acceptors (Lipinski definition) is 8. The number of aliphatic hydroxyl groups is 1. The molecule has 1 fully saturated rings. The van der Waals surface area contributed by atoms with Crippen molar-refractivity contribution in [2.75, 3.05) is 18.2 Å². The van der Waals surface area contributed by atoms with Crippen LogP contribution < -0.4 is 16.3 Å². The van der Waals surface area contributed by atoms with Crippen LogP contribution in [0.4, 0.5) is 5.69 Å². The Balaban J connectivity index is 1.74. The van der Waals surface area contributed by atoms with E-state index in [2.05, 4.69) is 28.8 Å². The van der Waals surface area contributed by atoms with Crippen LogP contribution in [0.25, 0.3) is 0 Å². The van der Waals surface area contributed by atoms with E-state index >= 15 is 0 Å².